The van der Waals surface area contributed by atoms with Gasteiger partial charge in [-0.05, 0) is 37.3 Å². The lowest BCUT2D eigenvalue weighted by molar-refractivity contribution is 0.0696. The standard InChI is InChI=1S/C15H14N2O4/c1-8-4-5-16-13(12(8)9-2-3-9)17-14(18)11-6-10(7-21-11)15(19)20/h4-7,9H,2-3H2,1H3,(H,19,20)(H,16,17,18). The molecule has 0 spiro atoms. The third kappa shape index (κ3) is 2.65. The average Bonchev–Trinajstić information content (AvgIpc) is 3.13. The number of carbonyl (C=O) groups is 2. The van der Waals surface area contributed by atoms with Crippen molar-refractivity contribution in [3.05, 3.63) is 47.0 Å². The van der Waals surface area contributed by atoms with Crippen LogP contribution in [0.1, 0.15) is 50.8 Å². The SMILES string of the molecule is Cc1ccnc(NC(=O)c2cc(C(=O)O)co2)c1C1CC1. The van der Waals surface area contributed by atoms with Gasteiger partial charge in [0.1, 0.15) is 12.1 Å². The van der Waals surface area contributed by atoms with E-state index in [1.54, 1.807) is 6.20 Å². The van der Waals surface area contributed by atoms with Crippen LogP contribution < -0.4 is 5.32 Å². The first-order chi connectivity index (χ1) is 10.1. The van der Waals surface area contributed by atoms with E-state index < -0.39 is 11.9 Å². The van der Waals surface area contributed by atoms with Crippen molar-refractivity contribution >= 4 is 17.7 Å². The van der Waals surface area contributed by atoms with Crippen molar-refractivity contribution < 1.29 is 19.1 Å². The number of carboxylic acid groups (broad SMARTS) is 1. The number of hydrogen-bond donors (Lipinski definition) is 2. The summed E-state index contributed by atoms with van der Waals surface area (Å²) in [5.74, 6) is -0.707. The number of amides is 1. The quantitative estimate of drug-likeness (QED) is 0.901. The molecule has 0 saturated heterocycles. The molecule has 0 bridgehead atoms. The highest BCUT2D eigenvalue weighted by Crippen LogP contribution is 2.44. The van der Waals surface area contributed by atoms with E-state index in [0.29, 0.717) is 11.7 Å². The number of nitrogens with one attached hydrogen (secondary N) is 1. The summed E-state index contributed by atoms with van der Waals surface area (Å²) in [6.07, 6.45) is 4.88. The fraction of sp³-hybridized carbons (Fsp3) is 0.267. The molecule has 6 nitrogen and oxygen atoms in total. The van der Waals surface area contributed by atoms with E-state index in [1.807, 2.05) is 13.0 Å². The van der Waals surface area contributed by atoms with Crippen LogP contribution in [0.2, 0.25) is 0 Å². The number of aromatic nitrogens is 1. The first-order valence-electron chi connectivity index (χ1n) is 6.65. The van der Waals surface area contributed by atoms with Crippen LogP contribution in [0.15, 0.2) is 29.0 Å². The maximum absolute atomic E-state index is 12.1. The fourth-order valence-corrected chi connectivity index (χ4v) is 2.29. The zero-order valence-corrected chi connectivity index (χ0v) is 11.4. The topological polar surface area (TPSA) is 92.4 Å². The van der Waals surface area contributed by atoms with Crippen molar-refractivity contribution in [2.75, 3.05) is 5.32 Å². The molecule has 0 radical (unpaired) electrons. The Balaban J connectivity index is 1.84. The second-order valence-electron chi connectivity index (χ2n) is 5.12. The number of nitrogens with zero attached hydrogens (tertiary/aromatic N) is 1. The molecule has 0 aliphatic heterocycles. The number of aryl methyl sites for hydroxylation is 1. The van der Waals surface area contributed by atoms with Crippen molar-refractivity contribution in [1.29, 1.82) is 0 Å². The molecule has 3 rings (SSSR count). The Bertz CT molecular complexity index is 716. The zero-order valence-electron chi connectivity index (χ0n) is 11.4. The molecule has 6 heteroatoms. The third-order valence-electron chi connectivity index (χ3n) is 3.50. The van der Waals surface area contributed by atoms with E-state index in [4.69, 9.17) is 9.52 Å². The molecular weight excluding hydrogens is 272 g/mol. The van der Waals surface area contributed by atoms with Gasteiger partial charge in [0.15, 0.2) is 5.76 Å². The van der Waals surface area contributed by atoms with Crippen LogP contribution in [-0.2, 0) is 0 Å². The molecule has 21 heavy (non-hydrogen) atoms. The van der Waals surface area contributed by atoms with Crippen LogP contribution in [0.4, 0.5) is 5.82 Å². The predicted molar refractivity (Wildman–Crippen MR) is 74.6 cm³/mol. The Hall–Kier alpha value is -2.63. The number of hydrogen-bond acceptors (Lipinski definition) is 4. The third-order valence-corrected chi connectivity index (χ3v) is 3.50. The summed E-state index contributed by atoms with van der Waals surface area (Å²) in [7, 11) is 0. The summed E-state index contributed by atoms with van der Waals surface area (Å²) in [6.45, 7) is 1.99. The average molecular weight is 286 g/mol. The molecule has 0 atom stereocenters. The van der Waals surface area contributed by atoms with Crippen molar-refractivity contribution in [2.24, 2.45) is 0 Å². The number of pyridine rings is 1. The summed E-state index contributed by atoms with van der Waals surface area (Å²) in [6, 6.07) is 3.11. The predicted octanol–water partition coefficient (Wildman–Crippen LogP) is 2.81. The number of carbonyl (C=O) groups excluding carboxylic acids is 1. The summed E-state index contributed by atoms with van der Waals surface area (Å²) in [5.41, 5.74) is 2.09. The molecule has 108 valence electrons. The van der Waals surface area contributed by atoms with Gasteiger partial charge in [0, 0.05) is 17.8 Å². The Labute approximate surface area is 120 Å². The van der Waals surface area contributed by atoms with Crippen LogP contribution in [0.25, 0.3) is 0 Å². The van der Waals surface area contributed by atoms with E-state index in [2.05, 4.69) is 10.3 Å². The van der Waals surface area contributed by atoms with Gasteiger partial charge in [-0.3, -0.25) is 4.79 Å². The van der Waals surface area contributed by atoms with Crippen molar-refractivity contribution in [1.82, 2.24) is 4.98 Å². The molecule has 0 unspecified atom stereocenters. The number of rotatable bonds is 4. The molecular formula is C15H14N2O4. The van der Waals surface area contributed by atoms with Gasteiger partial charge >= 0.3 is 5.97 Å². The van der Waals surface area contributed by atoms with Gasteiger partial charge in [-0.2, -0.15) is 0 Å². The number of furan rings is 1. The highest BCUT2D eigenvalue weighted by molar-refractivity contribution is 6.03. The maximum Gasteiger partial charge on any atom is 0.338 e. The van der Waals surface area contributed by atoms with Gasteiger partial charge in [0.05, 0.1) is 5.56 Å². The van der Waals surface area contributed by atoms with Crippen LogP contribution in [0.3, 0.4) is 0 Å². The molecule has 1 fully saturated rings. The lowest BCUT2D eigenvalue weighted by Crippen LogP contribution is -2.14. The van der Waals surface area contributed by atoms with Crippen molar-refractivity contribution in [3.8, 4) is 0 Å². The molecule has 1 aliphatic rings. The molecule has 2 heterocycles. The minimum Gasteiger partial charge on any atom is -0.478 e. The normalized spacial score (nSPS) is 14.0. The minimum absolute atomic E-state index is 0.0440. The second-order valence-corrected chi connectivity index (χ2v) is 5.12. The second kappa shape index (κ2) is 5.05. The molecule has 1 amide bonds. The number of carboxylic acids is 1. The first-order valence-corrected chi connectivity index (χ1v) is 6.65. The van der Waals surface area contributed by atoms with Gasteiger partial charge in [0.2, 0.25) is 0 Å². The van der Waals surface area contributed by atoms with Gasteiger partial charge in [-0.1, -0.05) is 0 Å². The van der Waals surface area contributed by atoms with Gasteiger partial charge in [-0.15, -0.1) is 0 Å². The highest BCUT2D eigenvalue weighted by Gasteiger charge is 2.29. The largest absolute Gasteiger partial charge is 0.478 e. The Kier molecular flexibility index (Phi) is 3.21. The molecule has 0 aromatic carbocycles. The maximum atomic E-state index is 12.1. The van der Waals surface area contributed by atoms with E-state index >= 15 is 0 Å². The molecule has 2 aromatic heterocycles. The van der Waals surface area contributed by atoms with E-state index in [9.17, 15) is 9.59 Å². The summed E-state index contributed by atoms with van der Waals surface area (Å²) >= 11 is 0. The van der Waals surface area contributed by atoms with Gasteiger partial charge < -0.3 is 14.8 Å². The zero-order chi connectivity index (χ0) is 15.0. The first kappa shape index (κ1) is 13.4. The minimum atomic E-state index is -1.13. The Morgan fingerprint density at radius 1 is 1.43 bits per heavy atom. The number of aromatic carboxylic acids is 1. The lowest BCUT2D eigenvalue weighted by atomic mass is 10.1. The highest BCUT2D eigenvalue weighted by atomic mass is 16.4. The van der Waals surface area contributed by atoms with Gasteiger partial charge in [0.25, 0.3) is 5.91 Å². The Morgan fingerprint density at radius 3 is 2.81 bits per heavy atom. The van der Waals surface area contributed by atoms with Crippen LogP contribution >= 0.6 is 0 Å². The van der Waals surface area contributed by atoms with E-state index in [0.717, 1.165) is 30.2 Å². The van der Waals surface area contributed by atoms with Gasteiger partial charge in [-0.25, -0.2) is 9.78 Å². The van der Waals surface area contributed by atoms with Crippen LogP contribution in [-0.4, -0.2) is 22.0 Å². The molecule has 1 aliphatic carbocycles. The van der Waals surface area contributed by atoms with Crippen molar-refractivity contribution in [3.63, 3.8) is 0 Å². The Morgan fingerprint density at radius 2 is 2.19 bits per heavy atom. The fourth-order valence-electron chi connectivity index (χ4n) is 2.29. The molecule has 1 saturated carbocycles. The van der Waals surface area contributed by atoms with Crippen molar-refractivity contribution in [2.45, 2.75) is 25.7 Å². The summed E-state index contributed by atoms with van der Waals surface area (Å²) in [5, 5.41) is 11.5. The lowest BCUT2D eigenvalue weighted by Gasteiger charge is -2.10. The van der Waals surface area contributed by atoms with Crippen LogP contribution in [0.5, 0.6) is 0 Å². The smallest absolute Gasteiger partial charge is 0.338 e. The van der Waals surface area contributed by atoms with Crippen LogP contribution in [0, 0.1) is 6.92 Å². The molecule has 2 aromatic rings. The monoisotopic (exact) mass is 286 g/mol. The van der Waals surface area contributed by atoms with E-state index in [-0.39, 0.29) is 11.3 Å². The van der Waals surface area contributed by atoms with E-state index in [1.165, 1.54) is 6.07 Å². The summed E-state index contributed by atoms with van der Waals surface area (Å²) in [4.78, 5) is 27.1. The number of anilines is 1. The molecule has 2 N–H and O–H groups in total. The summed E-state index contributed by atoms with van der Waals surface area (Å²) < 4.78 is 4.99.